The highest BCUT2D eigenvalue weighted by molar-refractivity contribution is 5.93. The Morgan fingerprint density at radius 1 is 1.18 bits per heavy atom. The van der Waals surface area contributed by atoms with E-state index < -0.39 is 23.2 Å². The number of carbonyl (C=O) groups is 2. The molecular weight excluding hydrogens is 420 g/mol. The van der Waals surface area contributed by atoms with E-state index in [0.29, 0.717) is 25.2 Å². The topological polar surface area (TPSA) is 97.8 Å². The molecule has 3 aromatic rings. The third-order valence-electron chi connectivity index (χ3n) is 6.02. The van der Waals surface area contributed by atoms with Gasteiger partial charge in [-0.15, -0.1) is 0 Å². The maximum absolute atomic E-state index is 12.7. The van der Waals surface area contributed by atoms with E-state index >= 15 is 0 Å². The van der Waals surface area contributed by atoms with Crippen LogP contribution in [0.5, 0.6) is 5.75 Å². The average molecular weight is 449 g/mol. The highest BCUT2D eigenvalue weighted by Crippen LogP contribution is 2.56. The number of amides is 1. The fourth-order valence-electron chi connectivity index (χ4n) is 4.29. The summed E-state index contributed by atoms with van der Waals surface area (Å²) >= 11 is 0. The zero-order chi connectivity index (χ0) is 23.6. The van der Waals surface area contributed by atoms with Crippen LogP contribution in [0.15, 0.2) is 54.6 Å². The third-order valence-corrected chi connectivity index (χ3v) is 6.02. The molecule has 1 heterocycles. The lowest BCUT2D eigenvalue weighted by Gasteiger charge is -2.18. The molecule has 0 bridgehead atoms. The summed E-state index contributed by atoms with van der Waals surface area (Å²) in [6, 6.07) is 17.5. The molecule has 0 unspecified atom stereocenters. The van der Waals surface area contributed by atoms with E-state index in [-0.39, 0.29) is 6.10 Å². The van der Waals surface area contributed by atoms with Crippen molar-refractivity contribution in [2.45, 2.75) is 46.3 Å². The number of fused-ring (bicyclic) bond motifs is 1. The van der Waals surface area contributed by atoms with Crippen LogP contribution in [0, 0.1) is 18.3 Å². The molecule has 1 aliphatic carbocycles. The first kappa shape index (κ1) is 22.7. The van der Waals surface area contributed by atoms with Crippen LogP contribution in [0.4, 0.5) is 0 Å². The lowest BCUT2D eigenvalue weighted by Crippen LogP contribution is -2.31. The molecule has 0 spiro atoms. The van der Waals surface area contributed by atoms with Crippen LogP contribution in [0.2, 0.25) is 0 Å². The fourth-order valence-corrected chi connectivity index (χ4v) is 4.29. The molecule has 0 radical (unpaired) electrons. The summed E-state index contributed by atoms with van der Waals surface area (Å²) < 4.78 is 11.4. The molecule has 0 saturated heterocycles. The molecule has 2 atom stereocenters. The number of ether oxygens (including phenoxy) is 2. The van der Waals surface area contributed by atoms with Crippen LogP contribution in [0.1, 0.15) is 37.1 Å². The number of para-hydroxylation sites is 1. The SMILES string of the molecule is Cc1cc(COc2ccc(C[C@@]3(C(=O)OC(C)C)C[C@H]3C(=O)NO)cc2)c2ccccc2n1. The molecule has 0 aliphatic heterocycles. The molecule has 2 N–H and O–H groups in total. The minimum absolute atomic E-state index is 0.281. The van der Waals surface area contributed by atoms with Gasteiger partial charge < -0.3 is 9.47 Å². The molecule has 7 nitrogen and oxygen atoms in total. The Bertz CT molecular complexity index is 1180. The number of hydroxylamine groups is 1. The van der Waals surface area contributed by atoms with Gasteiger partial charge >= 0.3 is 5.97 Å². The number of rotatable bonds is 8. The van der Waals surface area contributed by atoms with Gasteiger partial charge in [-0.25, -0.2) is 5.48 Å². The lowest BCUT2D eigenvalue weighted by atomic mass is 9.93. The van der Waals surface area contributed by atoms with Crippen molar-refractivity contribution in [1.82, 2.24) is 10.5 Å². The Kier molecular flexibility index (Phi) is 6.33. The number of esters is 1. The molecular formula is C26H28N2O5. The maximum Gasteiger partial charge on any atom is 0.313 e. The van der Waals surface area contributed by atoms with Crippen molar-refractivity contribution >= 4 is 22.8 Å². The minimum Gasteiger partial charge on any atom is -0.489 e. The summed E-state index contributed by atoms with van der Waals surface area (Å²) in [6.45, 7) is 5.92. The molecule has 1 saturated carbocycles. The maximum atomic E-state index is 12.7. The van der Waals surface area contributed by atoms with Gasteiger partial charge in [0.1, 0.15) is 12.4 Å². The number of aryl methyl sites for hydroxylation is 1. The zero-order valence-electron chi connectivity index (χ0n) is 19.0. The highest BCUT2D eigenvalue weighted by atomic mass is 16.5. The first-order valence-electron chi connectivity index (χ1n) is 11.0. The summed E-state index contributed by atoms with van der Waals surface area (Å²) in [5, 5.41) is 10.1. The van der Waals surface area contributed by atoms with E-state index in [2.05, 4.69) is 4.98 Å². The summed E-state index contributed by atoms with van der Waals surface area (Å²) in [6.07, 6.45) is 0.416. The zero-order valence-corrected chi connectivity index (χ0v) is 19.0. The van der Waals surface area contributed by atoms with E-state index in [4.69, 9.17) is 14.7 Å². The molecule has 2 aromatic carbocycles. The predicted octanol–water partition coefficient (Wildman–Crippen LogP) is 4.13. The van der Waals surface area contributed by atoms with Gasteiger partial charge in [0.05, 0.1) is 23.0 Å². The number of hydrogen-bond acceptors (Lipinski definition) is 6. The van der Waals surface area contributed by atoms with E-state index in [0.717, 1.165) is 27.7 Å². The second-order valence-electron chi connectivity index (χ2n) is 8.89. The second kappa shape index (κ2) is 9.19. The fraction of sp³-hybridized carbons (Fsp3) is 0.346. The van der Waals surface area contributed by atoms with E-state index in [9.17, 15) is 9.59 Å². The van der Waals surface area contributed by atoms with Crippen molar-refractivity contribution in [2.75, 3.05) is 0 Å². The van der Waals surface area contributed by atoms with Gasteiger partial charge in [0.25, 0.3) is 0 Å². The van der Waals surface area contributed by atoms with Gasteiger partial charge in [-0.1, -0.05) is 30.3 Å². The predicted molar refractivity (Wildman–Crippen MR) is 123 cm³/mol. The highest BCUT2D eigenvalue weighted by Gasteiger charge is 2.64. The number of hydrogen-bond donors (Lipinski definition) is 2. The van der Waals surface area contributed by atoms with Crippen LogP contribution < -0.4 is 10.2 Å². The van der Waals surface area contributed by atoms with Crippen molar-refractivity contribution in [3.63, 3.8) is 0 Å². The summed E-state index contributed by atoms with van der Waals surface area (Å²) in [5.41, 5.74) is 4.54. The van der Waals surface area contributed by atoms with Gasteiger partial charge in [0, 0.05) is 16.6 Å². The van der Waals surface area contributed by atoms with E-state index in [1.54, 1.807) is 19.3 Å². The molecule has 7 heteroatoms. The monoisotopic (exact) mass is 448 g/mol. The summed E-state index contributed by atoms with van der Waals surface area (Å²) in [5.74, 6) is -0.869. The first-order valence-corrected chi connectivity index (χ1v) is 11.0. The van der Waals surface area contributed by atoms with Gasteiger partial charge in [-0.05, 0) is 63.4 Å². The van der Waals surface area contributed by atoms with Crippen LogP contribution in [-0.4, -0.2) is 28.2 Å². The summed E-state index contributed by atoms with van der Waals surface area (Å²) in [7, 11) is 0. The van der Waals surface area contributed by atoms with Gasteiger partial charge in [-0.2, -0.15) is 0 Å². The smallest absolute Gasteiger partial charge is 0.313 e. The van der Waals surface area contributed by atoms with Crippen LogP contribution in [0.3, 0.4) is 0 Å². The van der Waals surface area contributed by atoms with E-state index in [1.807, 2.05) is 61.5 Å². The standard InChI is InChI=1S/C26H28N2O5/c1-16(2)33-25(30)26(14-22(26)24(29)28-31)13-18-8-10-20(11-9-18)32-15-19-12-17(3)27-23-7-5-4-6-21(19)23/h4-12,16,22,31H,13-15H2,1-3H3,(H,28,29)/t22-,26+/m0/s1. The van der Waals surface area contributed by atoms with E-state index in [1.165, 1.54) is 0 Å². The largest absolute Gasteiger partial charge is 0.489 e. The van der Waals surface area contributed by atoms with Crippen LogP contribution in [-0.2, 0) is 27.4 Å². The van der Waals surface area contributed by atoms with Crippen molar-refractivity contribution in [1.29, 1.82) is 0 Å². The van der Waals surface area contributed by atoms with Crippen LogP contribution in [0.25, 0.3) is 10.9 Å². The Morgan fingerprint density at radius 2 is 1.91 bits per heavy atom. The van der Waals surface area contributed by atoms with Crippen LogP contribution >= 0.6 is 0 Å². The number of nitrogens with zero attached hydrogens (tertiary/aromatic N) is 1. The lowest BCUT2D eigenvalue weighted by molar-refractivity contribution is -0.156. The number of aromatic nitrogens is 1. The van der Waals surface area contributed by atoms with Gasteiger partial charge in [0.15, 0.2) is 0 Å². The first-order chi connectivity index (χ1) is 15.8. The number of carbonyl (C=O) groups excluding carboxylic acids is 2. The molecule has 172 valence electrons. The normalized spacial score (nSPS) is 19.4. The average Bonchev–Trinajstić information content (AvgIpc) is 3.52. The Morgan fingerprint density at radius 3 is 2.61 bits per heavy atom. The van der Waals surface area contributed by atoms with Gasteiger partial charge in [-0.3, -0.25) is 19.8 Å². The van der Waals surface area contributed by atoms with Crippen molar-refractivity contribution in [3.05, 3.63) is 71.4 Å². The molecule has 33 heavy (non-hydrogen) atoms. The Hall–Kier alpha value is -3.45. The number of pyridine rings is 1. The minimum atomic E-state index is -0.951. The Labute approximate surface area is 192 Å². The van der Waals surface area contributed by atoms with Crippen molar-refractivity contribution in [2.24, 2.45) is 11.3 Å². The molecule has 1 aliphatic rings. The molecule has 1 amide bonds. The number of benzene rings is 2. The third kappa shape index (κ3) is 4.83. The molecule has 1 aromatic heterocycles. The van der Waals surface area contributed by atoms with Gasteiger partial charge in [0.2, 0.25) is 5.91 Å². The molecule has 1 fully saturated rings. The number of nitrogens with one attached hydrogen (secondary N) is 1. The quantitative estimate of drug-likeness (QED) is 0.306. The van der Waals surface area contributed by atoms with Crippen molar-refractivity contribution < 1.29 is 24.3 Å². The molecule has 4 rings (SSSR count). The summed E-state index contributed by atoms with van der Waals surface area (Å²) in [4.78, 5) is 29.3. The second-order valence-corrected chi connectivity index (χ2v) is 8.89. The van der Waals surface area contributed by atoms with Crippen molar-refractivity contribution in [3.8, 4) is 5.75 Å². The Balaban J connectivity index is 1.46.